The number of carbonyl (C=O) groups excluding carboxylic acids is 1. The van der Waals surface area contributed by atoms with Crippen molar-refractivity contribution < 1.29 is 9.18 Å². The zero-order valence-corrected chi connectivity index (χ0v) is 12.3. The van der Waals surface area contributed by atoms with E-state index in [0.717, 1.165) is 4.47 Å². The van der Waals surface area contributed by atoms with E-state index in [-0.39, 0.29) is 11.7 Å². The summed E-state index contributed by atoms with van der Waals surface area (Å²) in [6.07, 6.45) is 1.85. The smallest absolute Gasteiger partial charge is 0.272 e. The summed E-state index contributed by atoms with van der Waals surface area (Å²) in [6, 6.07) is 6.05. The van der Waals surface area contributed by atoms with E-state index in [2.05, 4.69) is 21.2 Å². The minimum atomic E-state index is -0.310. The molecule has 0 saturated heterocycles. The molecule has 2 rings (SSSR count). The lowest BCUT2D eigenvalue weighted by Gasteiger charge is -2.10. The predicted octanol–water partition coefficient (Wildman–Crippen LogP) is 3.97. The zero-order valence-electron chi connectivity index (χ0n) is 10.7. The third-order valence-corrected chi connectivity index (χ3v) is 3.31. The predicted molar refractivity (Wildman–Crippen MR) is 76.9 cm³/mol. The SMILES string of the molecule is CCn1cc(Br)cc1C(=O)Nc1ccc(F)cc1C. The van der Waals surface area contributed by atoms with Crippen molar-refractivity contribution >= 4 is 27.5 Å². The van der Waals surface area contributed by atoms with Gasteiger partial charge >= 0.3 is 0 Å². The van der Waals surface area contributed by atoms with Gasteiger partial charge in [-0.25, -0.2) is 4.39 Å². The molecule has 1 heterocycles. The minimum absolute atomic E-state index is 0.206. The quantitative estimate of drug-likeness (QED) is 0.910. The number of amides is 1. The molecule has 1 aromatic carbocycles. The second-order valence-electron chi connectivity index (χ2n) is 4.24. The molecule has 0 radical (unpaired) electrons. The van der Waals surface area contributed by atoms with Crippen LogP contribution < -0.4 is 5.32 Å². The van der Waals surface area contributed by atoms with Crippen LogP contribution in [0.2, 0.25) is 0 Å². The third kappa shape index (κ3) is 3.04. The highest BCUT2D eigenvalue weighted by molar-refractivity contribution is 9.10. The first kappa shape index (κ1) is 13.8. The van der Waals surface area contributed by atoms with Crippen LogP contribution in [-0.4, -0.2) is 10.5 Å². The van der Waals surface area contributed by atoms with Crippen LogP contribution in [0.5, 0.6) is 0 Å². The number of carbonyl (C=O) groups is 1. The van der Waals surface area contributed by atoms with E-state index in [1.54, 1.807) is 19.1 Å². The van der Waals surface area contributed by atoms with Crippen molar-refractivity contribution in [3.8, 4) is 0 Å². The number of halogens is 2. The number of aromatic nitrogens is 1. The fourth-order valence-corrected chi connectivity index (χ4v) is 2.34. The summed E-state index contributed by atoms with van der Waals surface area (Å²) in [4.78, 5) is 12.2. The zero-order chi connectivity index (χ0) is 14.0. The van der Waals surface area contributed by atoms with Crippen LogP contribution in [0.3, 0.4) is 0 Å². The minimum Gasteiger partial charge on any atom is -0.343 e. The molecule has 19 heavy (non-hydrogen) atoms. The van der Waals surface area contributed by atoms with Gasteiger partial charge in [-0.3, -0.25) is 4.79 Å². The van der Waals surface area contributed by atoms with Crippen molar-refractivity contribution in [1.29, 1.82) is 0 Å². The molecule has 1 amide bonds. The first-order chi connectivity index (χ1) is 9.01. The van der Waals surface area contributed by atoms with E-state index < -0.39 is 0 Å². The van der Waals surface area contributed by atoms with Crippen LogP contribution in [-0.2, 0) is 6.54 Å². The summed E-state index contributed by atoms with van der Waals surface area (Å²) < 4.78 is 15.7. The van der Waals surface area contributed by atoms with Crippen LogP contribution in [0.15, 0.2) is 34.9 Å². The average molecular weight is 325 g/mol. The van der Waals surface area contributed by atoms with Gasteiger partial charge in [-0.05, 0) is 59.6 Å². The number of nitrogens with zero attached hydrogens (tertiary/aromatic N) is 1. The largest absolute Gasteiger partial charge is 0.343 e. The Morgan fingerprint density at radius 3 is 2.79 bits per heavy atom. The van der Waals surface area contributed by atoms with Gasteiger partial charge in [0, 0.05) is 22.9 Å². The number of nitrogens with one attached hydrogen (secondary N) is 1. The number of anilines is 1. The van der Waals surface area contributed by atoms with Gasteiger partial charge in [-0.15, -0.1) is 0 Å². The Morgan fingerprint density at radius 2 is 2.16 bits per heavy atom. The monoisotopic (exact) mass is 324 g/mol. The number of hydrogen-bond donors (Lipinski definition) is 1. The molecular weight excluding hydrogens is 311 g/mol. The Balaban J connectivity index is 2.25. The number of rotatable bonds is 3. The molecule has 100 valence electrons. The van der Waals surface area contributed by atoms with Crippen LogP contribution in [0.4, 0.5) is 10.1 Å². The van der Waals surface area contributed by atoms with Gasteiger partial charge in [0.15, 0.2) is 0 Å². The van der Waals surface area contributed by atoms with Crippen LogP contribution in [0.25, 0.3) is 0 Å². The van der Waals surface area contributed by atoms with Gasteiger partial charge in [0.2, 0.25) is 0 Å². The molecule has 0 fully saturated rings. The van der Waals surface area contributed by atoms with Crippen molar-refractivity contribution in [2.24, 2.45) is 0 Å². The number of benzene rings is 1. The van der Waals surface area contributed by atoms with Gasteiger partial charge in [-0.1, -0.05) is 0 Å². The van der Waals surface area contributed by atoms with E-state index in [0.29, 0.717) is 23.5 Å². The van der Waals surface area contributed by atoms with Crippen molar-refractivity contribution in [2.75, 3.05) is 5.32 Å². The molecule has 1 aromatic heterocycles. The standard InChI is InChI=1S/C14H14BrFN2O/c1-3-18-8-10(15)7-13(18)14(19)17-12-5-4-11(16)6-9(12)2/h4-8H,3H2,1-2H3,(H,17,19). The molecular formula is C14H14BrFN2O. The molecule has 1 N–H and O–H groups in total. The van der Waals surface area contributed by atoms with E-state index in [4.69, 9.17) is 0 Å². The van der Waals surface area contributed by atoms with Crippen molar-refractivity contribution in [3.63, 3.8) is 0 Å². The van der Waals surface area contributed by atoms with Crippen molar-refractivity contribution in [3.05, 3.63) is 52.0 Å². The van der Waals surface area contributed by atoms with E-state index in [1.165, 1.54) is 12.1 Å². The van der Waals surface area contributed by atoms with Gasteiger partial charge in [0.25, 0.3) is 5.91 Å². The molecule has 0 aliphatic heterocycles. The highest BCUT2D eigenvalue weighted by Gasteiger charge is 2.13. The van der Waals surface area contributed by atoms with Gasteiger partial charge in [0.1, 0.15) is 11.5 Å². The molecule has 0 atom stereocenters. The molecule has 5 heteroatoms. The van der Waals surface area contributed by atoms with E-state index in [1.807, 2.05) is 17.7 Å². The van der Waals surface area contributed by atoms with Crippen LogP contribution >= 0.6 is 15.9 Å². The van der Waals surface area contributed by atoms with Gasteiger partial charge in [-0.2, -0.15) is 0 Å². The molecule has 0 saturated carbocycles. The summed E-state index contributed by atoms with van der Waals surface area (Å²) in [6.45, 7) is 4.43. The molecule has 0 bridgehead atoms. The fourth-order valence-electron chi connectivity index (χ4n) is 1.88. The number of hydrogen-bond acceptors (Lipinski definition) is 1. The van der Waals surface area contributed by atoms with Gasteiger partial charge < -0.3 is 9.88 Å². The summed E-state index contributed by atoms with van der Waals surface area (Å²) in [7, 11) is 0. The fraction of sp³-hybridized carbons (Fsp3) is 0.214. The molecule has 0 aliphatic rings. The summed E-state index contributed by atoms with van der Waals surface area (Å²) >= 11 is 3.35. The maximum atomic E-state index is 13.0. The third-order valence-electron chi connectivity index (χ3n) is 2.87. The molecule has 0 spiro atoms. The summed E-state index contributed by atoms with van der Waals surface area (Å²) in [5.41, 5.74) is 1.88. The van der Waals surface area contributed by atoms with Crippen LogP contribution in [0.1, 0.15) is 23.0 Å². The summed E-state index contributed by atoms with van der Waals surface area (Å²) in [5, 5.41) is 2.79. The highest BCUT2D eigenvalue weighted by Crippen LogP contribution is 2.19. The average Bonchev–Trinajstić information content (AvgIpc) is 2.74. The normalized spacial score (nSPS) is 10.5. The van der Waals surface area contributed by atoms with Gasteiger partial charge in [0.05, 0.1) is 0 Å². The molecule has 0 unspecified atom stereocenters. The van der Waals surface area contributed by atoms with Crippen LogP contribution in [0, 0.1) is 12.7 Å². The lowest BCUT2D eigenvalue weighted by atomic mass is 10.2. The number of aryl methyl sites for hydroxylation is 2. The Bertz CT molecular complexity index is 622. The lowest BCUT2D eigenvalue weighted by molar-refractivity contribution is 0.101. The first-order valence-corrected chi connectivity index (χ1v) is 6.73. The lowest BCUT2D eigenvalue weighted by Crippen LogP contribution is -2.17. The van der Waals surface area contributed by atoms with E-state index >= 15 is 0 Å². The maximum Gasteiger partial charge on any atom is 0.272 e. The first-order valence-electron chi connectivity index (χ1n) is 5.94. The second kappa shape index (κ2) is 5.57. The van der Waals surface area contributed by atoms with Crippen molar-refractivity contribution in [1.82, 2.24) is 4.57 Å². The Kier molecular flexibility index (Phi) is 4.04. The second-order valence-corrected chi connectivity index (χ2v) is 5.16. The molecule has 3 nitrogen and oxygen atoms in total. The van der Waals surface area contributed by atoms with E-state index in [9.17, 15) is 9.18 Å². The Labute approximate surface area is 119 Å². The maximum absolute atomic E-state index is 13.0. The topological polar surface area (TPSA) is 34.0 Å². The molecule has 0 aliphatic carbocycles. The highest BCUT2D eigenvalue weighted by atomic mass is 79.9. The Morgan fingerprint density at radius 1 is 1.42 bits per heavy atom. The summed E-state index contributed by atoms with van der Waals surface area (Å²) in [5.74, 6) is -0.516. The molecule has 2 aromatic rings. The van der Waals surface area contributed by atoms with Crippen molar-refractivity contribution in [2.45, 2.75) is 20.4 Å². The Hall–Kier alpha value is -1.62.